The monoisotopic (exact) mass is 288 g/mol. The number of non-ortho nitro benzene ring substituents is 1. The molecule has 1 amide bonds. The average Bonchev–Trinajstić information content (AvgIpc) is 2.84. The lowest BCUT2D eigenvalue weighted by Gasteiger charge is -2.09. The zero-order valence-electron chi connectivity index (χ0n) is 11.9. The summed E-state index contributed by atoms with van der Waals surface area (Å²) in [6, 6.07) is 6.23. The first-order valence-electron chi connectivity index (χ1n) is 6.50. The molecule has 0 bridgehead atoms. The van der Waals surface area contributed by atoms with Gasteiger partial charge < -0.3 is 5.32 Å². The van der Waals surface area contributed by atoms with E-state index in [-0.39, 0.29) is 11.6 Å². The maximum Gasteiger partial charge on any atom is 0.269 e. The van der Waals surface area contributed by atoms with E-state index < -0.39 is 4.92 Å². The third-order valence-electron chi connectivity index (χ3n) is 3.17. The fourth-order valence-corrected chi connectivity index (χ4v) is 1.95. The van der Waals surface area contributed by atoms with Crippen molar-refractivity contribution in [2.75, 3.05) is 5.32 Å². The summed E-state index contributed by atoms with van der Waals surface area (Å²) in [5, 5.41) is 17.5. The van der Waals surface area contributed by atoms with Gasteiger partial charge in [0.1, 0.15) is 0 Å². The smallest absolute Gasteiger partial charge is 0.269 e. The van der Waals surface area contributed by atoms with Crippen LogP contribution in [-0.2, 0) is 11.3 Å². The van der Waals surface area contributed by atoms with Gasteiger partial charge in [-0.2, -0.15) is 5.10 Å². The van der Waals surface area contributed by atoms with Crippen LogP contribution in [0.25, 0.3) is 0 Å². The Morgan fingerprint density at radius 1 is 1.38 bits per heavy atom. The highest BCUT2D eigenvalue weighted by molar-refractivity contribution is 5.91. The van der Waals surface area contributed by atoms with Gasteiger partial charge in [0.2, 0.25) is 5.91 Å². The Balaban J connectivity index is 1.96. The number of nitrogens with zero attached hydrogens (tertiary/aromatic N) is 3. The lowest BCUT2D eigenvalue weighted by Crippen LogP contribution is -2.16. The third kappa shape index (κ3) is 3.65. The molecule has 0 radical (unpaired) electrons. The SMILES string of the molecule is Cc1cc([N+](=O)[O-])ccc1NC(=O)CCn1nccc1C. The van der Waals surface area contributed by atoms with Crippen molar-refractivity contribution < 1.29 is 9.72 Å². The number of benzene rings is 1. The average molecular weight is 288 g/mol. The molecule has 0 saturated carbocycles. The summed E-state index contributed by atoms with van der Waals surface area (Å²) in [7, 11) is 0. The number of hydrogen-bond donors (Lipinski definition) is 1. The van der Waals surface area contributed by atoms with Gasteiger partial charge in [-0.05, 0) is 31.5 Å². The normalized spacial score (nSPS) is 10.4. The second kappa shape index (κ2) is 6.17. The molecular formula is C14H16N4O3. The molecule has 0 fully saturated rings. The molecule has 21 heavy (non-hydrogen) atoms. The quantitative estimate of drug-likeness (QED) is 0.675. The van der Waals surface area contributed by atoms with E-state index >= 15 is 0 Å². The van der Waals surface area contributed by atoms with E-state index in [0.29, 0.717) is 24.2 Å². The summed E-state index contributed by atoms with van der Waals surface area (Å²) in [4.78, 5) is 22.1. The lowest BCUT2D eigenvalue weighted by molar-refractivity contribution is -0.384. The number of nitro benzene ring substituents is 1. The fraction of sp³-hybridized carbons (Fsp3) is 0.286. The number of aryl methyl sites for hydroxylation is 3. The molecule has 1 aromatic heterocycles. The lowest BCUT2D eigenvalue weighted by atomic mass is 10.1. The molecule has 0 spiro atoms. The van der Waals surface area contributed by atoms with Gasteiger partial charge >= 0.3 is 0 Å². The van der Waals surface area contributed by atoms with Gasteiger partial charge in [-0.1, -0.05) is 0 Å². The zero-order valence-corrected chi connectivity index (χ0v) is 11.9. The first kappa shape index (κ1) is 14.7. The Kier molecular flexibility index (Phi) is 4.32. The topological polar surface area (TPSA) is 90.1 Å². The molecule has 0 aliphatic heterocycles. The van der Waals surface area contributed by atoms with E-state index in [4.69, 9.17) is 0 Å². The van der Waals surface area contributed by atoms with E-state index in [2.05, 4.69) is 10.4 Å². The Labute approximate surface area is 121 Å². The van der Waals surface area contributed by atoms with E-state index in [1.54, 1.807) is 23.9 Å². The Morgan fingerprint density at radius 2 is 2.14 bits per heavy atom. The summed E-state index contributed by atoms with van der Waals surface area (Å²) in [5.74, 6) is -0.151. The van der Waals surface area contributed by atoms with Gasteiger partial charge in [0, 0.05) is 42.7 Å². The molecule has 1 aromatic carbocycles. The van der Waals surface area contributed by atoms with Crippen LogP contribution in [0, 0.1) is 24.0 Å². The van der Waals surface area contributed by atoms with Crippen molar-refractivity contribution in [3.8, 4) is 0 Å². The Bertz CT molecular complexity index is 679. The minimum atomic E-state index is -0.459. The minimum Gasteiger partial charge on any atom is -0.326 e. The number of amides is 1. The van der Waals surface area contributed by atoms with Gasteiger partial charge in [0.15, 0.2) is 0 Å². The van der Waals surface area contributed by atoms with Gasteiger partial charge in [-0.3, -0.25) is 19.6 Å². The molecule has 0 unspecified atom stereocenters. The summed E-state index contributed by atoms with van der Waals surface area (Å²) < 4.78 is 1.75. The van der Waals surface area contributed by atoms with Crippen molar-refractivity contribution in [2.24, 2.45) is 0 Å². The van der Waals surface area contributed by atoms with Gasteiger partial charge in [0.25, 0.3) is 5.69 Å². The number of anilines is 1. The zero-order chi connectivity index (χ0) is 15.4. The number of aromatic nitrogens is 2. The van der Waals surface area contributed by atoms with Crippen molar-refractivity contribution >= 4 is 17.3 Å². The molecule has 1 heterocycles. The summed E-state index contributed by atoms with van der Waals surface area (Å²) in [5.41, 5.74) is 2.25. The molecule has 0 aliphatic rings. The Morgan fingerprint density at radius 3 is 2.71 bits per heavy atom. The van der Waals surface area contributed by atoms with E-state index in [1.807, 2.05) is 13.0 Å². The van der Waals surface area contributed by atoms with Gasteiger partial charge in [-0.15, -0.1) is 0 Å². The maximum absolute atomic E-state index is 11.9. The predicted molar refractivity (Wildman–Crippen MR) is 78.0 cm³/mol. The summed E-state index contributed by atoms with van der Waals surface area (Å²) in [6.07, 6.45) is 1.98. The van der Waals surface area contributed by atoms with Crippen LogP contribution in [0.1, 0.15) is 17.7 Å². The minimum absolute atomic E-state index is 0.0117. The molecule has 2 rings (SSSR count). The van der Waals surface area contributed by atoms with Crippen LogP contribution in [-0.4, -0.2) is 20.6 Å². The molecule has 0 atom stereocenters. The number of carbonyl (C=O) groups is 1. The molecule has 1 N–H and O–H groups in total. The highest BCUT2D eigenvalue weighted by Gasteiger charge is 2.10. The number of hydrogen-bond acceptors (Lipinski definition) is 4. The number of nitrogens with one attached hydrogen (secondary N) is 1. The van der Waals surface area contributed by atoms with Crippen molar-refractivity contribution in [1.29, 1.82) is 0 Å². The van der Waals surface area contributed by atoms with E-state index in [0.717, 1.165) is 5.69 Å². The highest BCUT2D eigenvalue weighted by atomic mass is 16.6. The van der Waals surface area contributed by atoms with Crippen molar-refractivity contribution in [3.63, 3.8) is 0 Å². The molecule has 2 aromatic rings. The summed E-state index contributed by atoms with van der Waals surface area (Å²) in [6.45, 7) is 4.14. The molecular weight excluding hydrogens is 272 g/mol. The molecule has 110 valence electrons. The van der Waals surface area contributed by atoms with Crippen LogP contribution in [0.3, 0.4) is 0 Å². The van der Waals surface area contributed by atoms with Gasteiger partial charge in [0.05, 0.1) is 4.92 Å². The van der Waals surface area contributed by atoms with E-state index in [9.17, 15) is 14.9 Å². The van der Waals surface area contributed by atoms with Crippen LogP contribution >= 0.6 is 0 Å². The van der Waals surface area contributed by atoms with Crippen LogP contribution in [0.4, 0.5) is 11.4 Å². The van der Waals surface area contributed by atoms with Gasteiger partial charge in [-0.25, -0.2) is 0 Å². The van der Waals surface area contributed by atoms with Crippen LogP contribution in [0.2, 0.25) is 0 Å². The predicted octanol–water partition coefficient (Wildman–Crippen LogP) is 2.44. The molecule has 0 aliphatic carbocycles. The fourth-order valence-electron chi connectivity index (χ4n) is 1.95. The van der Waals surface area contributed by atoms with Crippen LogP contribution in [0.15, 0.2) is 30.5 Å². The van der Waals surface area contributed by atoms with Crippen molar-refractivity contribution in [2.45, 2.75) is 26.8 Å². The van der Waals surface area contributed by atoms with Crippen molar-refractivity contribution in [1.82, 2.24) is 9.78 Å². The molecule has 0 saturated heterocycles. The number of rotatable bonds is 5. The Hall–Kier alpha value is -2.70. The third-order valence-corrected chi connectivity index (χ3v) is 3.17. The standard InChI is InChI=1S/C14H16N4O3/c1-10-9-12(18(20)21)3-4-13(10)16-14(19)6-8-17-11(2)5-7-15-17/h3-5,7,9H,6,8H2,1-2H3,(H,16,19). The number of carbonyl (C=O) groups excluding carboxylic acids is 1. The first-order chi connectivity index (χ1) is 9.97. The largest absolute Gasteiger partial charge is 0.326 e. The second-order valence-corrected chi connectivity index (χ2v) is 4.75. The highest BCUT2D eigenvalue weighted by Crippen LogP contribution is 2.21. The van der Waals surface area contributed by atoms with Crippen molar-refractivity contribution in [3.05, 3.63) is 51.8 Å². The second-order valence-electron chi connectivity index (χ2n) is 4.75. The number of nitro groups is 1. The van der Waals surface area contributed by atoms with Crippen LogP contribution < -0.4 is 5.32 Å². The molecule has 7 heteroatoms. The first-order valence-corrected chi connectivity index (χ1v) is 6.50. The maximum atomic E-state index is 11.9. The van der Waals surface area contributed by atoms with Crippen LogP contribution in [0.5, 0.6) is 0 Å². The molecule has 7 nitrogen and oxygen atoms in total. The van der Waals surface area contributed by atoms with E-state index in [1.165, 1.54) is 12.1 Å². The summed E-state index contributed by atoms with van der Waals surface area (Å²) >= 11 is 0.